The van der Waals surface area contributed by atoms with Gasteiger partial charge in [0.2, 0.25) is 11.8 Å². The fraction of sp³-hybridized carbons (Fsp3) is 0.524. The van der Waals surface area contributed by atoms with Gasteiger partial charge in [0, 0.05) is 26.6 Å². The van der Waals surface area contributed by atoms with E-state index in [0.29, 0.717) is 38.4 Å². The zero-order valence-corrected chi connectivity index (χ0v) is 18.0. The normalized spacial score (nSPS) is 16.3. The van der Waals surface area contributed by atoms with Gasteiger partial charge >= 0.3 is 11.8 Å². The summed E-state index contributed by atoms with van der Waals surface area (Å²) in [6, 6.07) is 5.03. The maximum absolute atomic E-state index is 12.8. The van der Waals surface area contributed by atoms with Crippen molar-refractivity contribution in [1.82, 2.24) is 19.8 Å². The zero-order chi connectivity index (χ0) is 23.1. The van der Waals surface area contributed by atoms with E-state index in [4.69, 9.17) is 14.6 Å². The lowest BCUT2D eigenvalue weighted by molar-refractivity contribution is -0.135. The number of fused-ring (bicyclic) bond motifs is 1. The van der Waals surface area contributed by atoms with E-state index in [1.165, 1.54) is 9.13 Å². The number of carbonyl (C=O) groups is 3. The Morgan fingerprint density at radius 3 is 2.62 bits per heavy atom. The van der Waals surface area contributed by atoms with Gasteiger partial charge in [-0.2, -0.15) is 0 Å². The second-order valence-electron chi connectivity index (χ2n) is 7.56. The minimum atomic E-state index is -1.07. The molecule has 1 aromatic heterocycles. The predicted octanol–water partition coefficient (Wildman–Crippen LogP) is 0.551. The quantitative estimate of drug-likeness (QED) is 0.337. The van der Waals surface area contributed by atoms with Crippen LogP contribution in [0.3, 0.4) is 0 Å². The maximum atomic E-state index is 12.8. The Morgan fingerprint density at radius 2 is 1.91 bits per heavy atom. The van der Waals surface area contributed by atoms with Crippen LogP contribution in [0.25, 0.3) is 11.0 Å². The number of nitrogens with one attached hydrogen (secondary N) is 2. The molecule has 3 rings (SSSR count). The van der Waals surface area contributed by atoms with Crippen molar-refractivity contribution in [1.29, 1.82) is 0 Å². The van der Waals surface area contributed by atoms with Gasteiger partial charge in [0.1, 0.15) is 6.04 Å². The molecule has 11 nitrogen and oxygen atoms in total. The molecule has 1 aliphatic rings. The second-order valence-corrected chi connectivity index (χ2v) is 7.56. The highest BCUT2D eigenvalue weighted by atomic mass is 16.5. The molecule has 1 unspecified atom stereocenters. The topological polar surface area (TPSA) is 141 Å². The Labute approximate surface area is 184 Å². The number of aromatic nitrogens is 2. The first-order valence-corrected chi connectivity index (χ1v) is 10.5. The van der Waals surface area contributed by atoms with Crippen LogP contribution in [0.2, 0.25) is 0 Å². The highest BCUT2D eigenvalue weighted by Crippen LogP contribution is 2.24. The number of amides is 3. The predicted molar refractivity (Wildman–Crippen MR) is 115 cm³/mol. The molecular formula is C21H28N4O7. The first-order valence-electron chi connectivity index (χ1n) is 10.5. The molecule has 0 spiro atoms. The molecule has 174 valence electrons. The van der Waals surface area contributed by atoms with Crippen molar-refractivity contribution in [3.63, 3.8) is 0 Å². The molecule has 32 heavy (non-hydrogen) atoms. The summed E-state index contributed by atoms with van der Waals surface area (Å²) >= 11 is 0. The number of carboxylic acid groups (broad SMARTS) is 1. The third-order valence-electron chi connectivity index (χ3n) is 5.32. The molecule has 2 aromatic rings. The van der Waals surface area contributed by atoms with Gasteiger partial charge in [0.25, 0.3) is 0 Å². The summed E-state index contributed by atoms with van der Waals surface area (Å²) < 4.78 is 13.8. The van der Waals surface area contributed by atoms with E-state index >= 15 is 0 Å². The fourth-order valence-electron chi connectivity index (χ4n) is 3.72. The van der Waals surface area contributed by atoms with E-state index in [1.807, 2.05) is 18.2 Å². The highest BCUT2D eigenvalue weighted by molar-refractivity contribution is 6.00. The highest BCUT2D eigenvalue weighted by Gasteiger charge is 2.31. The molecule has 1 aromatic carbocycles. The number of aryl methyl sites for hydroxylation is 2. The Hall–Kier alpha value is -3.18. The SMILES string of the molecule is Cn1c(=O)n(C2CCC(=O)NC2=O)c2ccc(CCCOCCOCCNC(=O)O)cc21. The molecule has 1 aliphatic heterocycles. The number of hydrogen-bond donors (Lipinski definition) is 3. The van der Waals surface area contributed by atoms with E-state index in [-0.39, 0.29) is 24.6 Å². The number of benzene rings is 1. The molecule has 11 heteroatoms. The van der Waals surface area contributed by atoms with E-state index < -0.39 is 18.0 Å². The van der Waals surface area contributed by atoms with Gasteiger partial charge in [-0.1, -0.05) is 6.07 Å². The number of nitrogens with zero attached hydrogens (tertiary/aromatic N) is 2. The third-order valence-corrected chi connectivity index (χ3v) is 5.32. The standard InChI is InChI=1S/C21H28N4O7/c1-24-17-13-14(3-2-9-31-11-12-32-10-8-22-20(28)29)4-5-15(17)25(21(24)30)16-6-7-18(26)23-19(16)27/h4-5,13,16,22H,2-3,6-12H2,1H3,(H,28,29)(H,23,26,27). The molecule has 2 heterocycles. The van der Waals surface area contributed by atoms with Crippen LogP contribution in [0.15, 0.2) is 23.0 Å². The fourth-order valence-corrected chi connectivity index (χ4v) is 3.72. The average molecular weight is 448 g/mol. The minimum Gasteiger partial charge on any atom is -0.465 e. The number of imide groups is 1. The van der Waals surface area contributed by atoms with Crippen molar-refractivity contribution in [3.8, 4) is 0 Å². The lowest BCUT2D eigenvalue weighted by Gasteiger charge is -2.21. The minimum absolute atomic E-state index is 0.210. The van der Waals surface area contributed by atoms with Gasteiger partial charge in [0.05, 0.1) is 30.9 Å². The summed E-state index contributed by atoms with van der Waals surface area (Å²) in [6.45, 7) is 1.90. The van der Waals surface area contributed by atoms with E-state index in [1.54, 1.807) is 7.05 Å². The van der Waals surface area contributed by atoms with Crippen molar-refractivity contribution in [2.45, 2.75) is 31.7 Å². The van der Waals surface area contributed by atoms with Crippen LogP contribution < -0.4 is 16.3 Å². The van der Waals surface area contributed by atoms with Gasteiger partial charge in [-0.25, -0.2) is 9.59 Å². The van der Waals surface area contributed by atoms with Gasteiger partial charge < -0.3 is 19.9 Å². The lowest BCUT2D eigenvalue weighted by Crippen LogP contribution is -2.44. The Morgan fingerprint density at radius 1 is 1.16 bits per heavy atom. The molecule has 1 atom stereocenters. The summed E-state index contributed by atoms with van der Waals surface area (Å²) in [7, 11) is 1.67. The molecule has 3 amide bonds. The lowest BCUT2D eigenvalue weighted by atomic mass is 10.1. The van der Waals surface area contributed by atoms with Crippen LogP contribution in [0.4, 0.5) is 4.79 Å². The summed E-state index contributed by atoms with van der Waals surface area (Å²) in [4.78, 5) is 46.8. The van der Waals surface area contributed by atoms with Crippen LogP contribution in [-0.2, 0) is 32.5 Å². The first kappa shape index (κ1) is 23.5. The number of ether oxygens (including phenoxy) is 2. The van der Waals surface area contributed by atoms with Gasteiger partial charge in [-0.15, -0.1) is 0 Å². The van der Waals surface area contributed by atoms with E-state index in [9.17, 15) is 19.2 Å². The van der Waals surface area contributed by atoms with Crippen LogP contribution in [0.5, 0.6) is 0 Å². The summed E-state index contributed by atoms with van der Waals surface area (Å²) in [6.07, 6.45) is 0.991. The zero-order valence-electron chi connectivity index (χ0n) is 18.0. The first-order chi connectivity index (χ1) is 15.4. The Bertz CT molecular complexity index is 1040. The molecule has 0 radical (unpaired) electrons. The largest absolute Gasteiger partial charge is 0.465 e. The Balaban J connectivity index is 1.50. The molecular weight excluding hydrogens is 420 g/mol. The van der Waals surface area contributed by atoms with Crippen LogP contribution in [-0.4, -0.2) is 65.1 Å². The number of carbonyl (C=O) groups excluding carboxylic acids is 2. The van der Waals surface area contributed by atoms with Gasteiger partial charge in [-0.05, 0) is 37.0 Å². The van der Waals surface area contributed by atoms with Crippen molar-refractivity contribution in [2.75, 3.05) is 33.0 Å². The third kappa shape index (κ3) is 5.74. The molecule has 1 fully saturated rings. The maximum Gasteiger partial charge on any atom is 0.404 e. The summed E-state index contributed by atoms with van der Waals surface area (Å²) in [5.74, 6) is -0.759. The average Bonchev–Trinajstić information content (AvgIpc) is 2.99. The molecule has 3 N–H and O–H groups in total. The molecule has 0 bridgehead atoms. The van der Waals surface area contributed by atoms with Crippen LogP contribution >= 0.6 is 0 Å². The van der Waals surface area contributed by atoms with Crippen LogP contribution in [0, 0.1) is 0 Å². The number of rotatable bonds is 11. The van der Waals surface area contributed by atoms with Gasteiger partial charge in [0.15, 0.2) is 0 Å². The van der Waals surface area contributed by atoms with Crippen LogP contribution in [0.1, 0.15) is 30.9 Å². The molecule has 1 saturated heterocycles. The smallest absolute Gasteiger partial charge is 0.404 e. The number of hydrogen-bond acceptors (Lipinski definition) is 6. The molecule has 0 aliphatic carbocycles. The van der Waals surface area contributed by atoms with Crippen molar-refractivity contribution in [2.24, 2.45) is 7.05 Å². The van der Waals surface area contributed by atoms with Gasteiger partial charge in [-0.3, -0.25) is 24.0 Å². The second kappa shape index (κ2) is 10.9. The summed E-state index contributed by atoms with van der Waals surface area (Å²) in [5.41, 5.74) is 2.17. The summed E-state index contributed by atoms with van der Waals surface area (Å²) in [5, 5.41) is 13.0. The van der Waals surface area contributed by atoms with Crippen molar-refractivity contribution in [3.05, 3.63) is 34.2 Å². The number of piperidine rings is 1. The van der Waals surface area contributed by atoms with E-state index in [2.05, 4.69) is 10.6 Å². The van der Waals surface area contributed by atoms with E-state index in [0.717, 1.165) is 23.9 Å². The monoisotopic (exact) mass is 448 g/mol. The Kier molecular flexibility index (Phi) is 8.01. The number of imidazole rings is 1. The van der Waals surface area contributed by atoms with Crippen molar-refractivity contribution >= 4 is 28.9 Å². The van der Waals surface area contributed by atoms with Crippen molar-refractivity contribution < 1.29 is 29.0 Å². The molecule has 0 saturated carbocycles.